The summed E-state index contributed by atoms with van der Waals surface area (Å²) >= 11 is 6.08. The zero-order valence-corrected chi connectivity index (χ0v) is 12.8. The molecule has 2 aromatic carbocycles. The summed E-state index contributed by atoms with van der Waals surface area (Å²) in [6, 6.07) is 10.5. The molecule has 0 unspecified atom stereocenters. The first kappa shape index (κ1) is 15.2. The van der Waals surface area contributed by atoms with Crippen LogP contribution in [-0.2, 0) is 0 Å². The largest absolute Gasteiger partial charge is 0.495 e. The normalized spacial score (nSPS) is 10.1. The summed E-state index contributed by atoms with van der Waals surface area (Å²) in [5.74, 6) is 0.744. The SMILES string of the molecule is COc1cc(OC)c(NC(=O)c2ccc(C)cc2)cc1Cl. The monoisotopic (exact) mass is 305 g/mol. The molecule has 0 radical (unpaired) electrons. The van der Waals surface area contributed by atoms with E-state index in [1.54, 1.807) is 24.3 Å². The molecule has 0 aliphatic heterocycles. The molecule has 0 aliphatic rings. The standard InChI is InChI=1S/C16H16ClNO3/c1-10-4-6-11(7-5-10)16(19)18-13-8-12(17)14(20-2)9-15(13)21-3/h4-9H,1-3H3,(H,18,19). The molecule has 2 aromatic rings. The van der Waals surface area contributed by atoms with E-state index < -0.39 is 0 Å². The highest BCUT2D eigenvalue weighted by Gasteiger charge is 2.13. The highest BCUT2D eigenvalue weighted by Crippen LogP contribution is 2.36. The third-order valence-electron chi connectivity index (χ3n) is 3.04. The lowest BCUT2D eigenvalue weighted by atomic mass is 10.1. The van der Waals surface area contributed by atoms with Gasteiger partial charge in [-0.1, -0.05) is 29.3 Å². The molecule has 21 heavy (non-hydrogen) atoms. The second-order valence-corrected chi connectivity index (χ2v) is 4.91. The number of rotatable bonds is 4. The van der Waals surface area contributed by atoms with Crippen LogP contribution in [0.3, 0.4) is 0 Å². The van der Waals surface area contributed by atoms with E-state index in [2.05, 4.69) is 5.32 Å². The minimum absolute atomic E-state index is 0.227. The molecule has 4 nitrogen and oxygen atoms in total. The number of hydrogen-bond acceptors (Lipinski definition) is 3. The van der Waals surface area contributed by atoms with Gasteiger partial charge in [0.2, 0.25) is 0 Å². The fourth-order valence-corrected chi connectivity index (χ4v) is 2.10. The van der Waals surface area contributed by atoms with E-state index in [0.29, 0.717) is 27.8 Å². The molecule has 0 saturated carbocycles. The summed E-state index contributed by atoms with van der Waals surface area (Å²) in [4.78, 5) is 12.2. The average molecular weight is 306 g/mol. The van der Waals surface area contributed by atoms with Crippen LogP contribution in [0.25, 0.3) is 0 Å². The molecule has 0 fully saturated rings. The number of methoxy groups -OCH3 is 2. The lowest BCUT2D eigenvalue weighted by molar-refractivity contribution is 0.102. The summed E-state index contributed by atoms with van der Waals surface area (Å²) in [5, 5.41) is 3.19. The first-order valence-corrected chi connectivity index (χ1v) is 6.72. The van der Waals surface area contributed by atoms with Crippen molar-refractivity contribution in [1.82, 2.24) is 0 Å². The van der Waals surface area contributed by atoms with Crippen LogP contribution in [0.15, 0.2) is 36.4 Å². The van der Waals surface area contributed by atoms with Crippen molar-refractivity contribution in [3.05, 3.63) is 52.5 Å². The topological polar surface area (TPSA) is 47.6 Å². The Morgan fingerprint density at radius 3 is 2.24 bits per heavy atom. The Labute approximate surface area is 128 Å². The van der Waals surface area contributed by atoms with Crippen molar-refractivity contribution < 1.29 is 14.3 Å². The number of hydrogen-bond donors (Lipinski definition) is 1. The van der Waals surface area contributed by atoms with Crippen molar-refractivity contribution in [2.24, 2.45) is 0 Å². The molecule has 0 aromatic heterocycles. The maximum Gasteiger partial charge on any atom is 0.255 e. The van der Waals surface area contributed by atoms with Crippen LogP contribution in [0.4, 0.5) is 5.69 Å². The Hall–Kier alpha value is -2.20. The minimum atomic E-state index is -0.227. The van der Waals surface area contributed by atoms with Crippen LogP contribution in [0.5, 0.6) is 11.5 Å². The van der Waals surface area contributed by atoms with Gasteiger partial charge in [-0.2, -0.15) is 0 Å². The second-order valence-electron chi connectivity index (χ2n) is 4.51. The first-order valence-electron chi connectivity index (χ1n) is 6.34. The van der Waals surface area contributed by atoms with Crippen LogP contribution in [0, 0.1) is 6.92 Å². The van der Waals surface area contributed by atoms with Gasteiger partial charge in [0.25, 0.3) is 5.91 Å². The molecule has 0 atom stereocenters. The van der Waals surface area contributed by atoms with Gasteiger partial charge in [0.15, 0.2) is 0 Å². The quantitative estimate of drug-likeness (QED) is 0.931. The van der Waals surface area contributed by atoms with E-state index in [-0.39, 0.29) is 5.91 Å². The second kappa shape index (κ2) is 6.50. The molecule has 0 heterocycles. The number of aryl methyl sites for hydroxylation is 1. The lowest BCUT2D eigenvalue weighted by Gasteiger charge is -2.13. The number of amides is 1. The highest BCUT2D eigenvalue weighted by atomic mass is 35.5. The number of ether oxygens (including phenoxy) is 2. The molecular weight excluding hydrogens is 290 g/mol. The van der Waals surface area contributed by atoms with Crippen molar-refractivity contribution in [3.8, 4) is 11.5 Å². The highest BCUT2D eigenvalue weighted by molar-refractivity contribution is 6.32. The van der Waals surface area contributed by atoms with Gasteiger partial charge >= 0.3 is 0 Å². The number of halogens is 1. The van der Waals surface area contributed by atoms with Gasteiger partial charge in [-0.05, 0) is 25.1 Å². The summed E-state index contributed by atoms with van der Waals surface area (Å²) in [6.45, 7) is 1.97. The van der Waals surface area contributed by atoms with Crippen LogP contribution < -0.4 is 14.8 Å². The summed E-state index contributed by atoms with van der Waals surface area (Å²) in [5.41, 5.74) is 2.15. The van der Waals surface area contributed by atoms with Gasteiger partial charge in [-0.25, -0.2) is 0 Å². The number of nitrogens with one attached hydrogen (secondary N) is 1. The molecule has 2 rings (SSSR count). The zero-order chi connectivity index (χ0) is 15.4. The fourth-order valence-electron chi connectivity index (χ4n) is 1.86. The average Bonchev–Trinajstić information content (AvgIpc) is 2.48. The Morgan fingerprint density at radius 2 is 1.67 bits per heavy atom. The molecule has 0 bridgehead atoms. The predicted octanol–water partition coefficient (Wildman–Crippen LogP) is 3.92. The summed E-state index contributed by atoms with van der Waals surface area (Å²) in [6.07, 6.45) is 0. The van der Waals surface area contributed by atoms with E-state index in [1.807, 2.05) is 19.1 Å². The van der Waals surface area contributed by atoms with Crippen LogP contribution in [0.1, 0.15) is 15.9 Å². The molecule has 5 heteroatoms. The fraction of sp³-hybridized carbons (Fsp3) is 0.188. The van der Waals surface area contributed by atoms with E-state index >= 15 is 0 Å². The van der Waals surface area contributed by atoms with Crippen LogP contribution in [0.2, 0.25) is 5.02 Å². The van der Waals surface area contributed by atoms with E-state index in [4.69, 9.17) is 21.1 Å². The number of carbonyl (C=O) groups excluding carboxylic acids is 1. The van der Waals surface area contributed by atoms with Crippen molar-refractivity contribution in [2.45, 2.75) is 6.92 Å². The van der Waals surface area contributed by atoms with Gasteiger partial charge < -0.3 is 14.8 Å². The Balaban J connectivity index is 2.28. The van der Waals surface area contributed by atoms with E-state index in [1.165, 1.54) is 14.2 Å². The molecular formula is C16H16ClNO3. The Kier molecular flexibility index (Phi) is 4.70. The number of carbonyl (C=O) groups is 1. The van der Waals surface area contributed by atoms with Crippen molar-refractivity contribution in [2.75, 3.05) is 19.5 Å². The predicted molar refractivity (Wildman–Crippen MR) is 83.7 cm³/mol. The molecule has 1 N–H and O–H groups in total. The molecule has 0 spiro atoms. The zero-order valence-electron chi connectivity index (χ0n) is 12.1. The molecule has 0 saturated heterocycles. The van der Waals surface area contributed by atoms with Crippen LogP contribution >= 0.6 is 11.6 Å². The Bertz CT molecular complexity index is 653. The smallest absolute Gasteiger partial charge is 0.255 e. The summed E-state index contributed by atoms with van der Waals surface area (Å²) < 4.78 is 10.4. The maximum absolute atomic E-state index is 12.2. The summed E-state index contributed by atoms with van der Waals surface area (Å²) in [7, 11) is 3.04. The maximum atomic E-state index is 12.2. The number of anilines is 1. The van der Waals surface area contributed by atoms with Crippen molar-refractivity contribution >= 4 is 23.2 Å². The van der Waals surface area contributed by atoms with Gasteiger partial charge in [-0.15, -0.1) is 0 Å². The molecule has 1 amide bonds. The molecule has 110 valence electrons. The van der Waals surface area contributed by atoms with Crippen molar-refractivity contribution in [1.29, 1.82) is 0 Å². The van der Waals surface area contributed by atoms with Crippen molar-refractivity contribution in [3.63, 3.8) is 0 Å². The minimum Gasteiger partial charge on any atom is -0.495 e. The Morgan fingerprint density at radius 1 is 1.05 bits per heavy atom. The third-order valence-corrected chi connectivity index (χ3v) is 3.33. The van der Waals surface area contributed by atoms with Crippen LogP contribution in [-0.4, -0.2) is 20.1 Å². The number of benzene rings is 2. The first-order chi connectivity index (χ1) is 10.0. The van der Waals surface area contributed by atoms with Gasteiger partial charge in [0, 0.05) is 11.6 Å². The lowest BCUT2D eigenvalue weighted by Crippen LogP contribution is -2.12. The van der Waals surface area contributed by atoms with E-state index in [9.17, 15) is 4.79 Å². The molecule has 0 aliphatic carbocycles. The van der Waals surface area contributed by atoms with Gasteiger partial charge in [-0.3, -0.25) is 4.79 Å². The third kappa shape index (κ3) is 3.47. The van der Waals surface area contributed by atoms with Gasteiger partial charge in [0.05, 0.1) is 24.9 Å². The van der Waals surface area contributed by atoms with E-state index in [0.717, 1.165) is 5.56 Å². The van der Waals surface area contributed by atoms with Gasteiger partial charge in [0.1, 0.15) is 11.5 Å².